The van der Waals surface area contributed by atoms with Crippen molar-refractivity contribution in [3.8, 4) is 0 Å². The molecule has 2 N–H and O–H groups in total. The molecule has 1 amide bonds. The van der Waals surface area contributed by atoms with Crippen molar-refractivity contribution in [1.29, 1.82) is 0 Å². The van der Waals surface area contributed by atoms with Crippen LogP contribution in [-0.2, 0) is 11.3 Å². The average Bonchev–Trinajstić information content (AvgIpc) is 3.36. The minimum absolute atomic E-state index is 0.0284. The maximum Gasteiger partial charge on any atom is 0.226 e. The predicted molar refractivity (Wildman–Crippen MR) is 127 cm³/mol. The Morgan fingerprint density at radius 3 is 2.81 bits per heavy atom. The first-order valence-electron chi connectivity index (χ1n) is 10.6. The van der Waals surface area contributed by atoms with Crippen LogP contribution in [0.3, 0.4) is 0 Å². The zero-order valence-electron chi connectivity index (χ0n) is 17.8. The number of carbonyl (C=O) groups excluding carboxylic acids is 1. The SMILES string of the molecule is CCn1cccc1[C@@H]1[C@H](c2ccccn2)NC(=S)N1CCC(=O)Nc1cccc(C)c1. The summed E-state index contributed by atoms with van der Waals surface area (Å²) in [7, 11) is 0. The van der Waals surface area contributed by atoms with Crippen LogP contribution in [0.1, 0.15) is 42.4 Å². The summed E-state index contributed by atoms with van der Waals surface area (Å²) >= 11 is 5.69. The number of nitrogens with zero attached hydrogens (tertiary/aromatic N) is 3. The van der Waals surface area contributed by atoms with Gasteiger partial charge >= 0.3 is 0 Å². The minimum Gasteiger partial charge on any atom is -0.352 e. The summed E-state index contributed by atoms with van der Waals surface area (Å²) in [6, 6.07) is 17.8. The Morgan fingerprint density at radius 2 is 2.06 bits per heavy atom. The number of pyridine rings is 1. The standard InChI is InChI=1S/C24H27N5OS/c1-3-28-14-7-11-20(28)23-22(19-10-4-5-13-25-19)27-24(31)29(23)15-12-21(30)26-18-9-6-8-17(2)16-18/h4-11,13-14,16,22-23H,3,12,15H2,1-2H3,(H,26,30)(H,27,31)/t22-,23+/m0/s1. The Balaban J connectivity index is 1.54. The lowest BCUT2D eigenvalue weighted by molar-refractivity contribution is -0.116. The number of carbonyl (C=O) groups is 1. The summed E-state index contributed by atoms with van der Waals surface area (Å²) in [4.78, 5) is 19.3. The van der Waals surface area contributed by atoms with E-state index in [-0.39, 0.29) is 18.0 Å². The molecule has 1 aliphatic rings. The third-order valence-corrected chi connectivity index (χ3v) is 5.94. The molecule has 1 fully saturated rings. The van der Waals surface area contributed by atoms with Gasteiger partial charge in [0.25, 0.3) is 0 Å². The molecule has 3 aromatic rings. The van der Waals surface area contributed by atoms with E-state index in [0.717, 1.165) is 29.2 Å². The third kappa shape index (κ3) is 4.61. The van der Waals surface area contributed by atoms with Crippen molar-refractivity contribution in [3.05, 3.63) is 83.9 Å². The summed E-state index contributed by atoms with van der Waals surface area (Å²) in [5, 5.41) is 7.08. The average molecular weight is 434 g/mol. The van der Waals surface area contributed by atoms with Crippen molar-refractivity contribution >= 4 is 28.9 Å². The molecule has 2 atom stereocenters. The second kappa shape index (κ2) is 9.31. The third-order valence-electron chi connectivity index (χ3n) is 5.59. The molecule has 7 heteroatoms. The lowest BCUT2D eigenvalue weighted by Crippen LogP contribution is -2.33. The Bertz CT molecular complexity index is 1060. The van der Waals surface area contributed by atoms with Crippen LogP contribution in [-0.4, -0.2) is 32.0 Å². The molecule has 2 aromatic heterocycles. The van der Waals surface area contributed by atoms with E-state index in [0.29, 0.717) is 18.1 Å². The number of hydrogen-bond acceptors (Lipinski definition) is 3. The fourth-order valence-corrected chi connectivity index (χ4v) is 4.45. The van der Waals surface area contributed by atoms with Crippen LogP contribution >= 0.6 is 12.2 Å². The highest BCUT2D eigenvalue weighted by Crippen LogP contribution is 2.38. The van der Waals surface area contributed by atoms with E-state index in [2.05, 4.69) is 50.3 Å². The van der Waals surface area contributed by atoms with E-state index < -0.39 is 0 Å². The second-order valence-electron chi connectivity index (χ2n) is 7.71. The van der Waals surface area contributed by atoms with Crippen LogP contribution in [0.25, 0.3) is 0 Å². The quantitative estimate of drug-likeness (QED) is 0.547. The van der Waals surface area contributed by atoms with Gasteiger partial charge in [-0.3, -0.25) is 9.78 Å². The van der Waals surface area contributed by atoms with E-state index in [1.165, 1.54) is 0 Å². The van der Waals surface area contributed by atoms with Crippen molar-refractivity contribution in [1.82, 2.24) is 19.8 Å². The van der Waals surface area contributed by atoms with E-state index in [1.54, 1.807) is 6.20 Å². The molecule has 0 radical (unpaired) electrons. The summed E-state index contributed by atoms with van der Waals surface area (Å²) in [5.41, 5.74) is 4.02. The topological polar surface area (TPSA) is 62.2 Å². The van der Waals surface area contributed by atoms with Gasteiger partial charge in [0.2, 0.25) is 5.91 Å². The number of rotatable bonds is 7. The van der Waals surface area contributed by atoms with Gasteiger partial charge in [0.15, 0.2) is 5.11 Å². The first kappa shape index (κ1) is 21.1. The van der Waals surface area contributed by atoms with Crippen LogP contribution < -0.4 is 10.6 Å². The first-order chi connectivity index (χ1) is 15.1. The van der Waals surface area contributed by atoms with E-state index in [9.17, 15) is 4.79 Å². The predicted octanol–water partition coefficient (Wildman–Crippen LogP) is 4.21. The molecule has 1 saturated heterocycles. The van der Waals surface area contributed by atoms with Crippen molar-refractivity contribution in [2.24, 2.45) is 0 Å². The lowest BCUT2D eigenvalue weighted by Gasteiger charge is -2.28. The van der Waals surface area contributed by atoms with Gasteiger partial charge in [0.05, 0.1) is 17.8 Å². The zero-order valence-corrected chi connectivity index (χ0v) is 18.6. The zero-order chi connectivity index (χ0) is 21.8. The van der Waals surface area contributed by atoms with E-state index >= 15 is 0 Å². The maximum absolute atomic E-state index is 12.6. The van der Waals surface area contributed by atoms with E-state index in [1.807, 2.05) is 49.4 Å². The summed E-state index contributed by atoms with van der Waals surface area (Å²) in [5.74, 6) is -0.0284. The Labute approximate surface area is 188 Å². The number of benzene rings is 1. The molecule has 1 aromatic carbocycles. The Hall–Kier alpha value is -3.19. The normalized spacial score (nSPS) is 18.1. The van der Waals surface area contributed by atoms with Crippen molar-refractivity contribution < 1.29 is 4.79 Å². The molecule has 0 bridgehead atoms. The van der Waals surface area contributed by atoms with Gasteiger partial charge in [-0.25, -0.2) is 0 Å². The molecule has 160 valence electrons. The summed E-state index contributed by atoms with van der Waals surface area (Å²) in [6.45, 7) is 5.52. The van der Waals surface area contributed by atoms with Crippen molar-refractivity contribution in [2.45, 2.75) is 38.9 Å². The number of hydrogen-bond donors (Lipinski definition) is 2. The van der Waals surface area contributed by atoms with Crippen LogP contribution in [0.15, 0.2) is 67.0 Å². The molecule has 0 spiro atoms. The number of anilines is 1. The highest BCUT2D eigenvalue weighted by atomic mass is 32.1. The Morgan fingerprint density at radius 1 is 1.19 bits per heavy atom. The molecule has 31 heavy (non-hydrogen) atoms. The molecule has 0 unspecified atom stereocenters. The number of aromatic nitrogens is 2. The summed E-state index contributed by atoms with van der Waals surface area (Å²) < 4.78 is 2.22. The highest BCUT2D eigenvalue weighted by Gasteiger charge is 2.40. The lowest BCUT2D eigenvalue weighted by atomic mass is 10.0. The number of amides is 1. The van der Waals surface area contributed by atoms with Gasteiger partial charge in [0, 0.05) is 43.3 Å². The largest absolute Gasteiger partial charge is 0.352 e. The smallest absolute Gasteiger partial charge is 0.226 e. The van der Waals surface area contributed by atoms with Gasteiger partial charge < -0.3 is 20.1 Å². The molecular formula is C24H27N5OS. The minimum atomic E-state index is -0.0752. The number of nitrogens with one attached hydrogen (secondary N) is 2. The maximum atomic E-state index is 12.6. The molecule has 6 nitrogen and oxygen atoms in total. The molecule has 0 aliphatic carbocycles. The van der Waals surface area contributed by atoms with Crippen molar-refractivity contribution in [2.75, 3.05) is 11.9 Å². The molecule has 4 rings (SSSR count). The van der Waals surface area contributed by atoms with Crippen molar-refractivity contribution in [3.63, 3.8) is 0 Å². The fraction of sp³-hybridized carbons (Fsp3) is 0.292. The second-order valence-corrected chi connectivity index (χ2v) is 8.09. The molecule has 3 heterocycles. The van der Waals surface area contributed by atoms with Gasteiger partial charge in [0.1, 0.15) is 0 Å². The van der Waals surface area contributed by atoms with Gasteiger partial charge in [-0.1, -0.05) is 18.2 Å². The van der Waals surface area contributed by atoms with Gasteiger partial charge in [-0.2, -0.15) is 0 Å². The van der Waals surface area contributed by atoms with Gasteiger partial charge in [-0.05, 0) is 68.0 Å². The first-order valence-corrected chi connectivity index (χ1v) is 11.0. The van der Waals surface area contributed by atoms with Crippen LogP contribution in [0.4, 0.5) is 5.69 Å². The van der Waals surface area contributed by atoms with Crippen LogP contribution in [0.2, 0.25) is 0 Å². The van der Waals surface area contributed by atoms with E-state index in [4.69, 9.17) is 12.2 Å². The number of thiocarbonyl (C=S) groups is 1. The monoisotopic (exact) mass is 433 g/mol. The summed E-state index contributed by atoms with van der Waals surface area (Å²) in [6.07, 6.45) is 4.22. The molecule has 0 saturated carbocycles. The highest BCUT2D eigenvalue weighted by molar-refractivity contribution is 7.80. The fourth-order valence-electron chi connectivity index (χ4n) is 4.12. The number of aryl methyl sites for hydroxylation is 2. The molecular weight excluding hydrogens is 406 g/mol. The molecule has 1 aliphatic heterocycles. The van der Waals surface area contributed by atoms with Crippen LogP contribution in [0, 0.1) is 6.92 Å². The van der Waals surface area contributed by atoms with Gasteiger partial charge in [-0.15, -0.1) is 0 Å². The Kier molecular flexibility index (Phi) is 6.32. The van der Waals surface area contributed by atoms with Crippen LogP contribution in [0.5, 0.6) is 0 Å².